The van der Waals surface area contributed by atoms with Crippen LogP contribution < -0.4 is 5.73 Å². The molecule has 2 aromatic rings. The second-order valence-corrected chi connectivity index (χ2v) is 4.08. The maximum Gasteiger partial charge on any atom is 0.0497 e. The van der Waals surface area contributed by atoms with Crippen molar-refractivity contribution in [2.24, 2.45) is 5.73 Å². The van der Waals surface area contributed by atoms with Crippen molar-refractivity contribution in [1.29, 1.82) is 0 Å². The summed E-state index contributed by atoms with van der Waals surface area (Å²) in [5.74, 6) is 0. The minimum atomic E-state index is 0.686. The van der Waals surface area contributed by atoms with Crippen molar-refractivity contribution >= 4 is 22.5 Å². The van der Waals surface area contributed by atoms with Gasteiger partial charge in [0.05, 0.1) is 0 Å². The Bertz CT molecular complexity index is 474. The van der Waals surface area contributed by atoms with E-state index < -0.39 is 0 Å². The van der Waals surface area contributed by atoms with E-state index >= 15 is 0 Å². The van der Waals surface area contributed by atoms with Crippen LogP contribution in [0.1, 0.15) is 12.5 Å². The summed E-state index contributed by atoms with van der Waals surface area (Å²) in [6.45, 7) is 3.78. The lowest BCUT2D eigenvalue weighted by Crippen LogP contribution is -2.02. The van der Waals surface area contributed by atoms with E-state index in [2.05, 4.69) is 23.8 Å². The first-order valence-corrected chi connectivity index (χ1v) is 5.61. The molecular formula is C12H15ClN2. The molecule has 2 N–H and O–H groups in total. The van der Waals surface area contributed by atoms with Gasteiger partial charge in [-0.2, -0.15) is 0 Å². The van der Waals surface area contributed by atoms with Crippen LogP contribution in [0.15, 0.2) is 24.4 Å². The second kappa shape index (κ2) is 4.25. The number of rotatable bonds is 3. The molecule has 0 bridgehead atoms. The predicted molar refractivity (Wildman–Crippen MR) is 65.4 cm³/mol. The fraction of sp³-hybridized carbons (Fsp3) is 0.333. The van der Waals surface area contributed by atoms with Crippen molar-refractivity contribution in [3.8, 4) is 0 Å². The summed E-state index contributed by atoms with van der Waals surface area (Å²) in [7, 11) is 0. The van der Waals surface area contributed by atoms with Gasteiger partial charge in [-0.1, -0.05) is 17.7 Å². The number of hydrogen-bond acceptors (Lipinski definition) is 1. The van der Waals surface area contributed by atoms with E-state index in [1.54, 1.807) is 0 Å². The fourth-order valence-electron chi connectivity index (χ4n) is 1.96. The molecule has 0 aliphatic heterocycles. The zero-order valence-corrected chi connectivity index (χ0v) is 9.59. The third-order valence-electron chi connectivity index (χ3n) is 2.68. The molecule has 0 fully saturated rings. The topological polar surface area (TPSA) is 30.9 Å². The molecular weight excluding hydrogens is 208 g/mol. The van der Waals surface area contributed by atoms with Crippen LogP contribution in [0.5, 0.6) is 0 Å². The maximum absolute atomic E-state index is 6.00. The van der Waals surface area contributed by atoms with Crippen LogP contribution in [0.3, 0.4) is 0 Å². The average molecular weight is 223 g/mol. The van der Waals surface area contributed by atoms with Gasteiger partial charge in [0.25, 0.3) is 0 Å². The molecule has 15 heavy (non-hydrogen) atoms. The number of nitrogens with zero attached hydrogens (tertiary/aromatic N) is 1. The highest BCUT2D eigenvalue weighted by Gasteiger charge is 2.06. The molecule has 2 rings (SSSR count). The zero-order chi connectivity index (χ0) is 10.8. The Hall–Kier alpha value is -0.990. The minimum absolute atomic E-state index is 0.686. The van der Waals surface area contributed by atoms with Gasteiger partial charge in [0.15, 0.2) is 0 Å². The van der Waals surface area contributed by atoms with Gasteiger partial charge < -0.3 is 10.3 Å². The summed E-state index contributed by atoms with van der Waals surface area (Å²) in [5.41, 5.74) is 8.11. The van der Waals surface area contributed by atoms with Gasteiger partial charge in [0.2, 0.25) is 0 Å². The highest BCUT2D eigenvalue weighted by atomic mass is 35.5. The van der Waals surface area contributed by atoms with Crippen LogP contribution in [0.2, 0.25) is 5.02 Å². The summed E-state index contributed by atoms with van der Waals surface area (Å²) in [6, 6.07) is 6.03. The number of aromatic nitrogens is 1. The molecule has 3 heteroatoms. The van der Waals surface area contributed by atoms with Crippen LogP contribution in [-0.2, 0) is 13.0 Å². The molecule has 0 aliphatic rings. The third kappa shape index (κ3) is 1.87. The maximum atomic E-state index is 6.00. The highest BCUT2D eigenvalue weighted by molar-refractivity contribution is 6.31. The smallest absolute Gasteiger partial charge is 0.0497 e. The third-order valence-corrected chi connectivity index (χ3v) is 2.92. The van der Waals surface area contributed by atoms with Gasteiger partial charge >= 0.3 is 0 Å². The Morgan fingerprint density at radius 1 is 1.40 bits per heavy atom. The summed E-state index contributed by atoms with van der Waals surface area (Å²) >= 11 is 6.00. The molecule has 2 nitrogen and oxygen atoms in total. The number of benzene rings is 1. The van der Waals surface area contributed by atoms with Crippen LogP contribution >= 0.6 is 11.6 Å². The van der Waals surface area contributed by atoms with Gasteiger partial charge in [0, 0.05) is 28.7 Å². The molecule has 0 aliphatic carbocycles. The first kappa shape index (κ1) is 10.5. The van der Waals surface area contributed by atoms with E-state index in [9.17, 15) is 0 Å². The van der Waals surface area contributed by atoms with Gasteiger partial charge in [-0.3, -0.25) is 0 Å². The van der Waals surface area contributed by atoms with E-state index in [1.807, 2.05) is 12.1 Å². The van der Waals surface area contributed by atoms with Crippen LogP contribution in [0.4, 0.5) is 0 Å². The standard InChI is InChI=1S/C12H15ClN2/c1-2-15-8-9(5-6-14)11-4-3-10(13)7-12(11)15/h3-4,7-8H,2,5-6,14H2,1H3. The first-order chi connectivity index (χ1) is 7.26. The molecule has 0 unspecified atom stereocenters. The summed E-state index contributed by atoms with van der Waals surface area (Å²) < 4.78 is 2.21. The fourth-order valence-corrected chi connectivity index (χ4v) is 2.12. The van der Waals surface area contributed by atoms with E-state index in [-0.39, 0.29) is 0 Å². The van der Waals surface area contributed by atoms with Crippen LogP contribution in [0, 0.1) is 0 Å². The number of hydrogen-bond donors (Lipinski definition) is 1. The van der Waals surface area contributed by atoms with Crippen molar-refractivity contribution in [2.75, 3.05) is 6.54 Å². The number of nitrogens with two attached hydrogens (primary N) is 1. The van der Waals surface area contributed by atoms with Crippen molar-refractivity contribution in [1.82, 2.24) is 4.57 Å². The lowest BCUT2D eigenvalue weighted by atomic mass is 10.1. The number of fused-ring (bicyclic) bond motifs is 1. The lowest BCUT2D eigenvalue weighted by molar-refractivity contribution is 0.790. The van der Waals surface area contributed by atoms with Crippen molar-refractivity contribution in [2.45, 2.75) is 19.9 Å². The summed E-state index contributed by atoms with van der Waals surface area (Å²) in [6.07, 6.45) is 3.10. The molecule has 80 valence electrons. The Balaban J connectivity index is 2.64. The molecule has 1 aromatic carbocycles. The SMILES string of the molecule is CCn1cc(CCN)c2ccc(Cl)cc21. The van der Waals surface area contributed by atoms with Gasteiger partial charge in [-0.15, -0.1) is 0 Å². The van der Waals surface area contributed by atoms with Crippen LogP contribution in [-0.4, -0.2) is 11.1 Å². The Kier molecular flexibility index (Phi) is 2.98. The van der Waals surface area contributed by atoms with E-state index in [0.29, 0.717) is 6.54 Å². The van der Waals surface area contributed by atoms with Crippen LogP contribution in [0.25, 0.3) is 10.9 Å². The second-order valence-electron chi connectivity index (χ2n) is 3.64. The predicted octanol–water partition coefficient (Wildman–Crippen LogP) is 2.82. The summed E-state index contributed by atoms with van der Waals surface area (Å²) in [5, 5.41) is 2.06. The molecule has 0 atom stereocenters. The Morgan fingerprint density at radius 3 is 2.87 bits per heavy atom. The van der Waals surface area contributed by atoms with Crippen molar-refractivity contribution < 1.29 is 0 Å². The molecule has 0 amide bonds. The van der Waals surface area contributed by atoms with Gasteiger partial charge in [0.1, 0.15) is 0 Å². The minimum Gasteiger partial charge on any atom is -0.347 e. The molecule has 0 saturated heterocycles. The molecule has 1 aromatic heterocycles. The zero-order valence-electron chi connectivity index (χ0n) is 8.83. The highest BCUT2D eigenvalue weighted by Crippen LogP contribution is 2.24. The van der Waals surface area contributed by atoms with E-state index in [1.165, 1.54) is 16.5 Å². The number of halogens is 1. The van der Waals surface area contributed by atoms with Crippen molar-refractivity contribution in [3.05, 3.63) is 35.0 Å². The Morgan fingerprint density at radius 2 is 2.20 bits per heavy atom. The molecule has 1 heterocycles. The van der Waals surface area contributed by atoms with E-state index in [0.717, 1.165) is 18.0 Å². The lowest BCUT2D eigenvalue weighted by Gasteiger charge is -1.99. The van der Waals surface area contributed by atoms with Gasteiger partial charge in [-0.05, 0) is 37.6 Å². The normalized spacial score (nSPS) is 11.1. The van der Waals surface area contributed by atoms with Crippen molar-refractivity contribution in [3.63, 3.8) is 0 Å². The van der Waals surface area contributed by atoms with Gasteiger partial charge in [-0.25, -0.2) is 0 Å². The quantitative estimate of drug-likeness (QED) is 0.851. The van der Waals surface area contributed by atoms with E-state index in [4.69, 9.17) is 17.3 Å². The Labute approximate surface area is 94.6 Å². The first-order valence-electron chi connectivity index (χ1n) is 5.23. The molecule has 0 saturated carbocycles. The summed E-state index contributed by atoms with van der Waals surface area (Å²) in [4.78, 5) is 0. The average Bonchev–Trinajstić information content (AvgIpc) is 2.56. The largest absolute Gasteiger partial charge is 0.347 e. The molecule has 0 spiro atoms. The molecule has 0 radical (unpaired) electrons. The monoisotopic (exact) mass is 222 g/mol. The number of aryl methyl sites for hydroxylation is 1.